The first kappa shape index (κ1) is 23.9. The monoisotopic (exact) mass is 422 g/mol. The van der Waals surface area contributed by atoms with Crippen LogP contribution >= 0.6 is 0 Å². The highest BCUT2D eigenvalue weighted by Gasteiger charge is 2.13. The molecule has 0 aliphatic heterocycles. The maximum absolute atomic E-state index is 11.5. The second kappa shape index (κ2) is 12.4. The fraction of sp³-hybridized carbons (Fsp3) is 0.308. The quantitative estimate of drug-likeness (QED) is 0.227. The van der Waals surface area contributed by atoms with E-state index in [0.717, 1.165) is 61.8 Å². The molecule has 0 N–H and O–H groups in total. The van der Waals surface area contributed by atoms with Gasteiger partial charge in [-0.3, -0.25) is 0 Å². The van der Waals surface area contributed by atoms with E-state index in [1.165, 1.54) is 0 Å². The lowest BCUT2D eigenvalue weighted by Gasteiger charge is -2.16. The summed E-state index contributed by atoms with van der Waals surface area (Å²) >= 11 is 0. The van der Waals surface area contributed by atoms with Crippen LogP contribution in [0.3, 0.4) is 0 Å². The van der Waals surface area contributed by atoms with Crippen molar-refractivity contribution in [3.8, 4) is 23.0 Å². The van der Waals surface area contributed by atoms with Crippen LogP contribution < -0.4 is 14.2 Å². The van der Waals surface area contributed by atoms with Gasteiger partial charge in [-0.25, -0.2) is 9.59 Å². The first-order valence-electron chi connectivity index (χ1n) is 10.6. The molecule has 164 valence electrons. The molecule has 0 atom stereocenters. The Labute approximate surface area is 184 Å². The predicted octanol–water partition coefficient (Wildman–Crippen LogP) is 6.35. The van der Waals surface area contributed by atoms with E-state index >= 15 is 0 Å². The van der Waals surface area contributed by atoms with E-state index in [4.69, 9.17) is 14.2 Å². The number of ether oxygens (including phenoxy) is 3. The van der Waals surface area contributed by atoms with Gasteiger partial charge in [0.15, 0.2) is 0 Å². The normalized spacial score (nSPS) is 10.3. The molecule has 0 unspecified atom stereocenters. The molecule has 0 heterocycles. The Morgan fingerprint density at radius 2 is 1.19 bits per heavy atom. The number of rotatable bonds is 12. The zero-order valence-electron chi connectivity index (χ0n) is 18.3. The van der Waals surface area contributed by atoms with Gasteiger partial charge in [0, 0.05) is 12.2 Å². The summed E-state index contributed by atoms with van der Waals surface area (Å²) in [5.41, 5.74) is 1.92. The van der Waals surface area contributed by atoms with Crippen molar-refractivity contribution in [2.24, 2.45) is 0 Å². The molecule has 0 saturated carbocycles. The van der Waals surface area contributed by atoms with E-state index in [0.29, 0.717) is 23.0 Å². The number of carbonyl (C=O) groups is 2. The molecule has 2 aromatic rings. The predicted molar refractivity (Wildman–Crippen MR) is 122 cm³/mol. The van der Waals surface area contributed by atoms with Crippen LogP contribution in [0, 0.1) is 0 Å². The van der Waals surface area contributed by atoms with Crippen LogP contribution in [0.2, 0.25) is 0 Å². The molecule has 2 rings (SSSR count). The van der Waals surface area contributed by atoms with E-state index < -0.39 is 11.9 Å². The lowest BCUT2D eigenvalue weighted by atomic mass is 10.1. The van der Waals surface area contributed by atoms with Crippen molar-refractivity contribution in [3.63, 3.8) is 0 Å². The molecule has 0 spiro atoms. The third kappa shape index (κ3) is 7.45. The molecule has 0 aliphatic carbocycles. The number of benzene rings is 2. The van der Waals surface area contributed by atoms with E-state index in [1.54, 1.807) is 12.1 Å². The molecular formula is C26H30O5. The number of hydrogen-bond donors (Lipinski definition) is 0. The molecule has 0 radical (unpaired) electrons. The molecule has 0 bridgehead atoms. The van der Waals surface area contributed by atoms with E-state index in [1.807, 2.05) is 24.3 Å². The summed E-state index contributed by atoms with van der Waals surface area (Å²) in [4.78, 5) is 23.1. The van der Waals surface area contributed by atoms with Crippen LogP contribution in [0.5, 0.6) is 23.0 Å². The van der Waals surface area contributed by atoms with Crippen molar-refractivity contribution in [3.05, 3.63) is 72.8 Å². The minimum atomic E-state index is -0.498. The molecule has 0 saturated heterocycles. The van der Waals surface area contributed by atoms with Crippen LogP contribution in [0.15, 0.2) is 61.7 Å². The Hall–Kier alpha value is -3.34. The lowest BCUT2D eigenvalue weighted by molar-refractivity contribution is -0.129. The second-order valence-corrected chi connectivity index (χ2v) is 7.10. The summed E-state index contributed by atoms with van der Waals surface area (Å²) < 4.78 is 16.8. The highest BCUT2D eigenvalue weighted by molar-refractivity contribution is 5.83. The Bertz CT molecular complexity index is 854. The maximum atomic E-state index is 11.5. The molecule has 0 aliphatic rings. The zero-order chi connectivity index (χ0) is 22.6. The van der Waals surface area contributed by atoms with Crippen molar-refractivity contribution in [1.29, 1.82) is 0 Å². The molecular weight excluding hydrogens is 392 g/mol. The van der Waals surface area contributed by atoms with Gasteiger partial charge in [-0.1, -0.05) is 39.8 Å². The molecule has 31 heavy (non-hydrogen) atoms. The number of carbonyl (C=O) groups excluding carboxylic acids is 2. The summed E-state index contributed by atoms with van der Waals surface area (Å²) in [5.74, 6) is 1.34. The summed E-state index contributed by atoms with van der Waals surface area (Å²) in [6.07, 6.45) is 7.88. The van der Waals surface area contributed by atoms with E-state index in [2.05, 4.69) is 27.0 Å². The summed E-state index contributed by atoms with van der Waals surface area (Å²) in [7, 11) is 0. The van der Waals surface area contributed by atoms with Gasteiger partial charge in [-0.15, -0.1) is 0 Å². The minimum Gasteiger partial charge on any atom is -0.457 e. The Morgan fingerprint density at radius 1 is 0.774 bits per heavy atom. The third-order valence-corrected chi connectivity index (χ3v) is 4.65. The van der Waals surface area contributed by atoms with E-state index in [-0.39, 0.29) is 0 Å². The molecule has 0 aromatic heterocycles. The summed E-state index contributed by atoms with van der Waals surface area (Å²) in [6.45, 7) is 11.1. The first-order chi connectivity index (χ1) is 15.0. The Kier molecular flexibility index (Phi) is 9.56. The average Bonchev–Trinajstić information content (AvgIpc) is 2.78. The second-order valence-electron chi connectivity index (χ2n) is 7.10. The summed E-state index contributed by atoms with van der Waals surface area (Å²) in [5, 5.41) is 0. The van der Waals surface area contributed by atoms with Crippen molar-refractivity contribution < 1.29 is 23.8 Å². The van der Waals surface area contributed by atoms with Gasteiger partial charge in [-0.05, 0) is 73.2 Å². The fourth-order valence-corrected chi connectivity index (χ4v) is 3.00. The first-order valence-corrected chi connectivity index (χ1v) is 10.6. The van der Waals surface area contributed by atoms with Gasteiger partial charge < -0.3 is 14.2 Å². The van der Waals surface area contributed by atoms with Gasteiger partial charge in [-0.2, -0.15) is 0 Å². The van der Waals surface area contributed by atoms with E-state index in [9.17, 15) is 9.59 Å². The maximum Gasteiger partial charge on any atom is 0.335 e. The minimum absolute atomic E-state index is 0.459. The van der Waals surface area contributed by atoms with Crippen LogP contribution in [0.1, 0.15) is 50.7 Å². The van der Waals surface area contributed by atoms with Gasteiger partial charge in [0.2, 0.25) is 0 Å². The third-order valence-electron chi connectivity index (χ3n) is 4.65. The molecule has 5 nitrogen and oxygen atoms in total. The number of hydrogen-bond acceptors (Lipinski definition) is 5. The van der Waals surface area contributed by atoms with Crippen LogP contribution in [-0.2, 0) is 22.4 Å². The molecule has 0 amide bonds. The molecule has 0 fully saturated rings. The number of esters is 2. The van der Waals surface area contributed by atoms with Gasteiger partial charge in [0.1, 0.15) is 23.0 Å². The Morgan fingerprint density at radius 3 is 1.55 bits per heavy atom. The summed E-state index contributed by atoms with van der Waals surface area (Å²) in [6, 6.07) is 10.7. The fourth-order valence-electron chi connectivity index (χ4n) is 3.00. The smallest absolute Gasteiger partial charge is 0.335 e. The Balaban J connectivity index is 2.35. The van der Waals surface area contributed by atoms with Crippen molar-refractivity contribution in [2.75, 3.05) is 0 Å². The zero-order valence-corrected chi connectivity index (χ0v) is 18.3. The SMILES string of the molecule is C=CC(=O)Oc1ccc(Oc2ccc(OC(=O)C=C)cc2CCCC)c(CCCC)c1. The molecule has 5 heteroatoms. The van der Waals surface area contributed by atoms with Crippen LogP contribution in [0.4, 0.5) is 0 Å². The largest absolute Gasteiger partial charge is 0.457 e. The van der Waals surface area contributed by atoms with Gasteiger partial charge >= 0.3 is 11.9 Å². The van der Waals surface area contributed by atoms with Crippen molar-refractivity contribution >= 4 is 11.9 Å². The average molecular weight is 423 g/mol. The highest BCUT2D eigenvalue weighted by atomic mass is 16.5. The van der Waals surface area contributed by atoms with Crippen LogP contribution in [0.25, 0.3) is 0 Å². The van der Waals surface area contributed by atoms with Crippen molar-refractivity contribution in [2.45, 2.75) is 52.4 Å². The van der Waals surface area contributed by atoms with Gasteiger partial charge in [0.05, 0.1) is 0 Å². The number of unbranched alkanes of at least 4 members (excludes halogenated alkanes) is 2. The topological polar surface area (TPSA) is 61.8 Å². The van der Waals surface area contributed by atoms with Crippen LogP contribution in [-0.4, -0.2) is 11.9 Å². The van der Waals surface area contributed by atoms with Gasteiger partial charge in [0.25, 0.3) is 0 Å². The molecule has 2 aromatic carbocycles. The number of aryl methyl sites for hydroxylation is 2. The van der Waals surface area contributed by atoms with Crippen molar-refractivity contribution in [1.82, 2.24) is 0 Å². The highest BCUT2D eigenvalue weighted by Crippen LogP contribution is 2.34. The lowest BCUT2D eigenvalue weighted by Crippen LogP contribution is -2.05. The standard InChI is InChI=1S/C26H30O5/c1-5-9-11-19-17-21(29-25(27)7-3)13-15-23(19)31-24-16-14-22(30-26(28)8-4)18-20(24)12-10-6-2/h7-8,13-18H,3-6,9-12H2,1-2H3.